The molecule has 1 aliphatic rings. The van der Waals surface area contributed by atoms with Gasteiger partial charge in [0.05, 0.1) is 21.6 Å². The maximum absolute atomic E-state index is 7.32. The summed E-state index contributed by atoms with van der Waals surface area (Å²) in [6.45, 7) is 5.66. The molecule has 6 heteroatoms. The van der Waals surface area contributed by atoms with Gasteiger partial charge in [0.1, 0.15) is 37.1 Å². The van der Waals surface area contributed by atoms with Crippen LogP contribution < -0.4 is 14.2 Å². The van der Waals surface area contributed by atoms with Crippen LogP contribution in [-0.2, 0) is 19.8 Å². The minimum absolute atomic E-state index is 0.462. The summed E-state index contributed by atoms with van der Waals surface area (Å²) < 4.78 is 20.9. The van der Waals surface area contributed by atoms with Gasteiger partial charge in [-0.3, -0.25) is 4.90 Å². The van der Waals surface area contributed by atoms with Crippen molar-refractivity contribution in [2.75, 3.05) is 26.2 Å². The number of likely N-dealkylation sites (tertiary alicyclic amines) is 1. The van der Waals surface area contributed by atoms with Crippen LogP contribution in [-0.4, -0.2) is 35.7 Å². The zero-order chi connectivity index (χ0) is 32.5. The molecule has 1 aromatic heterocycles. The lowest BCUT2D eigenvalue weighted by Crippen LogP contribution is -2.33. The first-order chi connectivity index (χ1) is 23.7. The standard InChI is InChI=1S/C42H41ClN2O3/c43-41-40-38(15-10-16-39(40)48-31-34-13-6-2-7-14-34)45(29-32-17-21-36(22-18-32)46-28-27-44-25-8-3-9-26-44)42(41)35-19-23-37(24-20-35)47-30-33-11-4-1-5-12-33/h1-2,4-7,10-24H,3,8-9,25-31H2. The van der Waals surface area contributed by atoms with Crippen LogP contribution >= 0.6 is 11.6 Å². The van der Waals surface area contributed by atoms with Gasteiger partial charge < -0.3 is 18.8 Å². The molecular weight excluding hydrogens is 616 g/mol. The minimum atomic E-state index is 0.462. The average molecular weight is 657 g/mol. The van der Waals surface area contributed by atoms with Gasteiger partial charge in [-0.15, -0.1) is 0 Å². The average Bonchev–Trinajstić information content (AvgIpc) is 3.43. The lowest BCUT2D eigenvalue weighted by Gasteiger charge is -2.26. The van der Waals surface area contributed by atoms with E-state index in [1.165, 1.54) is 32.4 Å². The van der Waals surface area contributed by atoms with Crippen molar-refractivity contribution in [2.45, 2.75) is 39.0 Å². The van der Waals surface area contributed by atoms with Crippen LogP contribution in [0.2, 0.25) is 5.02 Å². The first-order valence-electron chi connectivity index (χ1n) is 16.9. The summed E-state index contributed by atoms with van der Waals surface area (Å²) in [5.74, 6) is 2.47. The molecule has 6 aromatic rings. The molecule has 7 rings (SSSR count). The summed E-state index contributed by atoms with van der Waals surface area (Å²) in [5.41, 5.74) is 6.37. The first kappa shape index (κ1) is 31.9. The highest BCUT2D eigenvalue weighted by atomic mass is 35.5. The Morgan fingerprint density at radius 3 is 1.88 bits per heavy atom. The number of aromatic nitrogens is 1. The molecule has 0 atom stereocenters. The fraction of sp³-hybridized carbons (Fsp3) is 0.238. The number of halogens is 1. The maximum Gasteiger partial charge on any atom is 0.130 e. The fourth-order valence-corrected chi connectivity index (χ4v) is 6.83. The van der Waals surface area contributed by atoms with Crippen LogP contribution in [0.3, 0.4) is 0 Å². The van der Waals surface area contributed by atoms with E-state index in [1.54, 1.807) is 0 Å². The second-order valence-corrected chi connectivity index (χ2v) is 12.7. The van der Waals surface area contributed by atoms with Crippen molar-refractivity contribution < 1.29 is 14.2 Å². The lowest BCUT2D eigenvalue weighted by molar-refractivity contribution is 0.183. The highest BCUT2D eigenvalue weighted by Crippen LogP contribution is 2.43. The van der Waals surface area contributed by atoms with Gasteiger partial charge in [-0.1, -0.05) is 96.9 Å². The zero-order valence-electron chi connectivity index (χ0n) is 27.2. The molecule has 5 nitrogen and oxygen atoms in total. The van der Waals surface area contributed by atoms with E-state index in [0.717, 1.165) is 62.6 Å². The van der Waals surface area contributed by atoms with Crippen molar-refractivity contribution >= 4 is 22.5 Å². The summed E-state index contributed by atoms with van der Waals surface area (Å²) >= 11 is 7.32. The Hall–Kier alpha value is -4.71. The number of ether oxygens (including phenoxy) is 3. The number of fused-ring (bicyclic) bond motifs is 1. The molecule has 0 unspecified atom stereocenters. The molecular formula is C42H41ClN2O3. The molecule has 0 amide bonds. The molecule has 0 aliphatic carbocycles. The summed E-state index contributed by atoms with van der Waals surface area (Å²) in [7, 11) is 0. The Balaban J connectivity index is 1.15. The third kappa shape index (κ3) is 7.70. The van der Waals surface area contributed by atoms with Crippen molar-refractivity contribution in [1.82, 2.24) is 9.47 Å². The number of benzene rings is 5. The Labute approximate surface area is 288 Å². The van der Waals surface area contributed by atoms with Crippen LogP contribution in [0.4, 0.5) is 0 Å². The number of rotatable bonds is 13. The molecule has 0 N–H and O–H groups in total. The van der Waals surface area contributed by atoms with Gasteiger partial charge in [0.25, 0.3) is 0 Å². The smallest absolute Gasteiger partial charge is 0.130 e. The van der Waals surface area contributed by atoms with Crippen LogP contribution in [0.5, 0.6) is 17.2 Å². The Morgan fingerprint density at radius 1 is 0.562 bits per heavy atom. The molecule has 5 aromatic carbocycles. The van der Waals surface area contributed by atoms with Crippen LogP contribution in [0, 0.1) is 0 Å². The predicted octanol–water partition coefficient (Wildman–Crippen LogP) is 10.0. The molecule has 1 fully saturated rings. The summed E-state index contributed by atoms with van der Waals surface area (Å²) in [5, 5.41) is 1.58. The molecule has 0 bridgehead atoms. The van der Waals surface area contributed by atoms with Gasteiger partial charge in [-0.25, -0.2) is 0 Å². The monoisotopic (exact) mass is 656 g/mol. The summed E-state index contributed by atoms with van der Waals surface area (Å²) in [6, 6.07) is 43.2. The highest BCUT2D eigenvalue weighted by molar-refractivity contribution is 6.39. The van der Waals surface area contributed by atoms with E-state index in [4.69, 9.17) is 25.8 Å². The van der Waals surface area contributed by atoms with Crippen molar-refractivity contribution in [1.29, 1.82) is 0 Å². The number of piperidine rings is 1. The molecule has 244 valence electrons. The predicted molar refractivity (Wildman–Crippen MR) is 195 cm³/mol. The number of hydrogen-bond donors (Lipinski definition) is 0. The molecule has 0 saturated carbocycles. The van der Waals surface area contributed by atoms with E-state index in [0.29, 0.717) is 31.4 Å². The first-order valence-corrected chi connectivity index (χ1v) is 17.3. The van der Waals surface area contributed by atoms with Gasteiger partial charge in [0, 0.05) is 13.1 Å². The van der Waals surface area contributed by atoms with Crippen molar-refractivity contribution in [3.8, 4) is 28.5 Å². The van der Waals surface area contributed by atoms with Gasteiger partial charge >= 0.3 is 0 Å². The zero-order valence-corrected chi connectivity index (χ0v) is 27.9. The third-order valence-electron chi connectivity index (χ3n) is 8.99. The molecule has 1 aliphatic heterocycles. The van der Waals surface area contributed by atoms with Crippen LogP contribution in [0.15, 0.2) is 127 Å². The van der Waals surface area contributed by atoms with Gasteiger partial charge in [0.2, 0.25) is 0 Å². The molecule has 0 radical (unpaired) electrons. The topological polar surface area (TPSA) is 35.9 Å². The SMILES string of the molecule is Clc1c(-c2ccc(OCc3ccccc3)cc2)n(Cc2ccc(OCCN3CCCCC3)cc2)c2cccc(OCc3ccccc3)c12. The number of hydrogen-bond acceptors (Lipinski definition) is 4. The second kappa shape index (κ2) is 15.5. The summed E-state index contributed by atoms with van der Waals surface area (Å²) in [6.07, 6.45) is 3.93. The molecule has 0 spiro atoms. The maximum atomic E-state index is 7.32. The van der Waals surface area contributed by atoms with E-state index < -0.39 is 0 Å². The van der Waals surface area contributed by atoms with E-state index in [1.807, 2.05) is 60.7 Å². The number of nitrogens with zero attached hydrogens (tertiary/aromatic N) is 2. The Kier molecular flexibility index (Phi) is 10.3. The fourth-order valence-electron chi connectivity index (χ4n) is 6.42. The van der Waals surface area contributed by atoms with E-state index >= 15 is 0 Å². The van der Waals surface area contributed by atoms with Crippen molar-refractivity contribution in [3.63, 3.8) is 0 Å². The second-order valence-electron chi connectivity index (χ2n) is 12.4. The Morgan fingerprint density at radius 2 is 1.19 bits per heavy atom. The molecule has 1 saturated heterocycles. The van der Waals surface area contributed by atoms with E-state index in [9.17, 15) is 0 Å². The quantitative estimate of drug-likeness (QED) is 0.124. The Bertz CT molecular complexity index is 1900. The highest BCUT2D eigenvalue weighted by Gasteiger charge is 2.21. The minimum Gasteiger partial charge on any atom is -0.492 e. The van der Waals surface area contributed by atoms with Gasteiger partial charge in [0.15, 0.2) is 0 Å². The van der Waals surface area contributed by atoms with Gasteiger partial charge in [-0.2, -0.15) is 0 Å². The van der Waals surface area contributed by atoms with E-state index in [-0.39, 0.29) is 0 Å². The van der Waals surface area contributed by atoms with Crippen LogP contribution in [0.25, 0.3) is 22.2 Å². The lowest BCUT2D eigenvalue weighted by atomic mass is 10.1. The molecule has 48 heavy (non-hydrogen) atoms. The third-order valence-corrected chi connectivity index (χ3v) is 9.36. The van der Waals surface area contributed by atoms with Crippen molar-refractivity contribution in [2.24, 2.45) is 0 Å². The normalized spacial score (nSPS) is 13.4. The van der Waals surface area contributed by atoms with Gasteiger partial charge in [-0.05, 0) is 96.7 Å². The van der Waals surface area contributed by atoms with Crippen LogP contribution in [0.1, 0.15) is 36.0 Å². The largest absolute Gasteiger partial charge is 0.492 e. The van der Waals surface area contributed by atoms with E-state index in [2.05, 4.69) is 76.2 Å². The summed E-state index contributed by atoms with van der Waals surface area (Å²) in [4.78, 5) is 2.50. The van der Waals surface area contributed by atoms with Crippen molar-refractivity contribution in [3.05, 3.63) is 149 Å². The molecule has 2 heterocycles.